The topological polar surface area (TPSA) is 178 Å². The number of carbonyl (C=O) groups excluding carboxylic acids is 2. The summed E-state index contributed by atoms with van der Waals surface area (Å²) >= 11 is 0. The van der Waals surface area contributed by atoms with Crippen molar-refractivity contribution in [2.24, 2.45) is 5.84 Å². The molecule has 0 bridgehead atoms. The Kier molecular flexibility index (Phi) is 29.5. The SMILES string of the molecule is C.C.CC/C(=C(\c1ccc(O)cc1)c1ccc(OCCCNN)cc1)c1ccccc1.CC/C(=C(\c1ccc(O)cc1)c1ccc(OCCCn2[nH]c(CC)cc2=O)cc1)c1ccccc1.CCC(=O)CC(=O)OC.Cl. The van der Waals surface area contributed by atoms with Crippen molar-refractivity contribution in [1.29, 1.82) is 0 Å². The van der Waals surface area contributed by atoms with Crippen LogP contribution in [0.2, 0.25) is 0 Å². The van der Waals surface area contributed by atoms with Gasteiger partial charge >= 0.3 is 5.97 Å². The minimum Gasteiger partial charge on any atom is -0.508 e. The number of aromatic amines is 1. The van der Waals surface area contributed by atoms with E-state index in [0.29, 0.717) is 26.2 Å². The first-order valence-electron chi connectivity index (χ1n) is 24.9. The van der Waals surface area contributed by atoms with Crippen LogP contribution in [0.15, 0.2) is 169 Å². The number of aromatic nitrogens is 2. The number of rotatable bonds is 22. The van der Waals surface area contributed by atoms with Gasteiger partial charge in [0.05, 0.1) is 20.3 Å². The lowest BCUT2D eigenvalue weighted by molar-refractivity contribution is -0.143. The number of aromatic hydroxyl groups is 2. The minimum atomic E-state index is -0.457. The highest BCUT2D eigenvalue weighted by Gasteiger charge is 2.15. The molecule has 7 rings (SSSR count). The normalized spacial score (nSPS) is 11.0. The molecule has 0 aliphatic carbocycles. The number of phenols is 2. The summed E-state index contributed by atoms with van der Waals surface area (Å²) in [6, 6.07) is 53.6. The number of phenolic OH excluding ortho intramolecular Hbond substituents is 2. The number of ether oxygens (including phenoxy) is 3. The van der Waals surface area contributed by atoms with Crippen molar-refractivity contribution in [2.45, 2.75) is 94.0 Å². The molecule has 0 aliphatic rings. The van der Waals surface area contributed by atoms with Crippen molar-refractivity contribution in [3.63, 3.8) is 0 Å². The average molecular weight is 1060 g/mol. The smallest absolute Gasteiger partial charge is 0.313 e. The van der Waals surface area contributed by atoms with E-state index in [1.807, 2.05) is 67.6 Å². The van der Waals surface area contributed by atoms with E-state index in [2.05, 4.69) is 102 Å². The largest absolute Gasteiger partial charge is 0.508 e. The Morgan fingerprint density at radius 3 is 1.34 bits per heavy atom. The number of nitrogens with two attached hydrogens (primary N) is 1. The van der Waals surface area contributed by atoms with Gasteiger partial charge in [-0.25, -0.2) is 0 Å². The molecule has 7 aromatic rings. The lowest BCUT2D eigenvalue weighted by Gasteiger charge is -2.17. The molecule has 6 aromatic carbocycles. The fourth-order valence-electron chi connectivity index (χ4n) is 8.02. The molecule has 13 heteroatoms. The number of ketones is 1. The molecular formula is C63H79ClN4O8. The Morgan fingerprint density at radius 2 is 0.987 bits per heavy atom. The van der Waals surface area contributed by atoms with Gasteiger partial charge in [0.1, 0.15) is 35.2 Å². The van der Waals surface area contributed by atoms with E-state index in [1.165, 1.54) is 29.4 Å². The first-order chi connectivity index (χ1) is 35.5. The van der Waals surface area contributed by atoms with Gasteiger partial charge in [0.25, 0.3) is 5.56 Å². The van der Waals surface area contributed by atoms with Crippen molar-refractivity contribution in [3.05, 3.63) is 213 Å². The van der Waals surface area contributed by atoms with Crippen molar-refractivity contribution >= 4 is 46.5 Å². The second-order valence-corrected chi connectivity index (χ2v) is 16.9. The number of methoxy groups -OCH3 is 1. The maximum atomic E-state index is 12.0. The van der Waals surface area contributed by atoms with Crippen molar-refractivity contribution in [3.8, 4) is 23.0 Å². The fraction of sp³-hybridized carbons (Fsp3) is 0.286. The van der Waals surface area contributed by atoms with Crippen LogP contribution in [0.4, 0.5) is 0 Å². The van der Waals surface area contributed by atoms with Gasteiger partial charge in [0, 0.05) is 37.7 Å². The van der Waals surface area contributed by atoms with Gasteiger partial charge in [0.2, 0.25) is 0 Å². The molecule has 0 saturated heterocycles. The van der Waals surface area contributed by atoms with Gasteiger partial charge < -0.3 is 24.4 Å². The number of Topliss-reactive ketones (excluding diaryl/α,β-unsaturated/α-hetero) is 1. The zero-order valence-corrected chi connectivity index (χ0v) is 44.0. The number of nitrogens with zero attached hydrogens (tertiary/aromatic N) is 1. The monoisotopic (exact) mass is 1050 g/mol. The Hall–Kier alpha value is -7.64. The summed E-state index contributed by atoms with van der Waals surface area (Å²) in [7, 11) is 1.27. The summed E-state index contributed by atoms with van der Waals surface area (Å²) in [5, 5.41) is 22.7. The Bertz CT molecular complexity index is 2860. The van der Waals surface area contributed by atoms with Crippen LogP contribution in [0.5, 0.6) is 23.0 Å². The number of nitrogens with one attached hydrogen (secondary N) is 2. The maximum Gasteiger partial charge on any atom is 0.313 e. The number of esters is 1. The molecule has 0 atom stereocenters. The van der Waals surface area contributed by atoms with E-state index in [-0.39, 0.29) is 56.5 Å². The highest BCUT2D eigenvalue weighted by atomic mass is 35.5. The number of allylic oxidation sites excluding steroid dienone is 2. The predicted molar refractivity (Wildman–Crippen MR) is 314 cm³/mol. The summed E-state index contributed by atoms with van der Waals surface area (Å²) in [4.78, 5) is 32.8. The fourth-order valence-corrected chi connectivity index (χ4v) is 8.02. The van der Waals surface area contributed by atoms with Crippen LogP contribution in [0.25, 0.3) is 22.3 Å². The van der Waals surface area contributed by atoms with E-state index in [4.69, 9.17) is 15.3 Å². The van der Waals surface area contributed by atoms with Crippen molar-refractivity contribution in [1.82, 2.24) is 15.2 Å². The van der Waals surface area contributed by atoms with Crippen LogP contribution < -0.4 is 26.3 Å². The number of hydrazine groups is 1. The van der Waals surface area contributed by atoms with E-state index >= 15 is 0 Å². The van der Waals surface area contributed by atoms with E-state index < -0.39 is 5.97 Å². The van der Waals surface area contributed by atoms with Crippen LogP contribution in [0, 0.1) is 0 Å². The quantitative estimate of drug-likeness (QED) is 0.0110. The number of aryl methyl sites for hydroxylation is 2. The summed E-state index contributed by atoms with van der Waals surface area (Å²) in [5.74, 6) is 6.91. The summed E-state index contributed by atoms with van der Waals surface area (Å²) in [5.41, 5.74) is 15.1. The molecule has 0 saturated carbocycles. The molecule has 12 nitrogen and oxygen atoms in total. The molecule has 0 spiro atoms. The summed E-state index contributed by atoms with van der Waals surface area (Å²) < 4.78 is 17.6. The number of hydrogen-bond acceptors (Lipinski definition) is 10. The van der Waals surface area contributed by atoms with Crippen molar-refractivity contribution in [2.75, 3.05) is 26.9 Å². The zero-order chi connectivity index (χ0) is 52.4. The number of H-pyrrole nitrogens is 1. The third kappa shape index (κ3) is 19.9. The molecular weight excluding hydrogens is 976 g/mol. The van der Waals surface area contributed by atoms with Gasteiger partial charge in [-0.15, -0.1) is 12.4 Å². The van der Waals surface area contributed by atoms with Gasteiger partial charge in [-0.3, -0.25) is 35.4 Å². The van der Waals surface area contributed by atoms with Gasteiger partial charge in [-0.1, -0.05) is 152 Å². The first kappa shape index (κ1) is 64.5. The van der Waals surface area contributed by atoms with Crippen LogP contribution in [-0.4, -0.2) is 58.6 Å². The molecule has 76 heavy (non-hydrogen) atoms. The summed E-state index contributed by atoms with van der Waals surface area (Å²) in [6.45, 7) is 10.5. The number of benzene rings is 6. The first-order valence-corrected chi connectivity index (χ1v) is 24.9. The highest BCUT2D eigenvalue weighted by Crippen LogP contribution is 2.37. The third-order valence-corrected chi connectivity index (χ3v) is 11.9. The molecule has 1 heterocycles. The van der Waals surface area contributed by atoms with Crippen LogP contribution in [-0.2, 0) is 27.3 Å². The van der Waals surface area contributed by atoms with E-state index in [9.17, 15) is 24.6 Å². The molecule has 0 radical (unpaired) electrons. The highest BCUT2D eigenvalue weighted by molar-refractivity contribution is 6.00. The number of carbonyl (C=O) groups is 2. The standard InChI is InChI=1S/C30H32N2O3.C25H28N2O2.C6H10O3.2CH4.ClH/c1-3-25-21-29(34)32(31-25)19-8-20-35-27-17-13-24(14-18-27)30(23-11-15-26(33)16-12-23)28(4-2)22-9-6-5-7-10-22;1-2-24(19-7-4-3-5-8-19)25(20-9-13-22(28)14-10-20)21-11-15-23(16-12-21)29-18-6-17-27-26;1-3-5(7)4-6(8)9-2;;;/h5-7,9-18,21,31,33H,3-4,8,19-20H2,1-2H3;3-5,7-16,27-28H,2,6,17-18,26H2,1H3;3-4H2,1-2H3;2*1H4;1H/b30-28-;25-24-;;;;. The number of hydrogen-bond donors (Lipinski definition) is 5. The van der Waals surface area contributed by atoms with E-state index in [1.54, 1.807) is 41.9 Å². The van der Waals surface area contributed by atoms with Crippen LogP contribution in [0.3, 0.4) is 0 Å². The second-order valence-electron chi connectivity index (χ2n) is 16.9. The van der Waals surface area contributed by atoms with Crippen molar-refractivity contribution < 1.29 is 34.0 Å². The average Bonchev–Trinajstić information content (AvgIpc) is 3.80. The second kappa shape index (κ2) is 34.8. The van der Waals surface area contributed by atoms with Crippen LogP contribution >= 0.6 is 12.4 Å². The molecule has 0 aliphatic heterocycles. The summed E-state index contributed by atoms with van der Waals surface area (Å²) in [6.07, 6.45) is 4.47. The maximum absolute atomic E-state index is 12.0. The zero-order valence-electron chi connectivity index (χ0n) is 43.1. The molecule has 1 aromatic heterocycles. The Balaban J connectivity index is 0.000000438. The lowest BCUT2D eigenvalue weighted by Crippen LogP contribution is -2.24. The third-order valence-electron chi connectivity index (χ3n) is 11.9. The minimum absolute atomic E-state index is 0. The Labute approximate surface area is 456 Å². The lowest BCUT2D eigenvalue weighted by atomic mass is 9.88. The van der Waals surface area contributed by atoms with Crippen LogP contribution in [0.1, 0.15) is 120 Å². The number of halogens is 1. The molecule has 0 fully saturated rings. The Morgan fingerprint density at radius 1 is 0.579 bits per heavy atom. The van der Waals surface area contributed by atoms with E-state index in [0.717, 1.165) is 89.2 Å². The molecule has 0 unspecified atom stereocenters. The van der Waals surface area contributed by atoms with Gasteiger partial charge in [0.15, 0.2) is 0 Å². The molecule has 406 valence electrons. The predicted octanol–water partition coefficient (Wildman–Crippen LogP) is 13.5. The molecule has 6 N–H and O–H groups in total. The van der Waals surface area contributed by atoms with Gasteiger partial charge in [-0.05, 0) is 130 Å². The van der Waals surface area contributed by atoms with Gasteiger partial charge in [-0.2, -0.15) is 0 Å². The molecule has 0 amide bonds.